The molecular formula is C16H21N3O. The second kappa shape index (κ2) is 6.18. The van der Waals surface area contributed by atoms with Gasteiger partial charge in [0.25, 0.3) is 0 Å². The van der Waals surface area contributed by atoms with Crippen molar-refractivity contribution in [3.63, 3.8) is 0 Å². The van der Waals surface area contributed by atoms with Crippen molar-refractivity contribution in [3.05, 3.63) is 47.6 Å². The van der Waals surface area contributed by atoms with Crippen LogP contribution in [0.4, 0.5) is 0 Å². The smallest absolute Gasteiger partial charge is 0.234 e. The van der Waals surface area contributed by atoms with E-state index in [9.17, 15) is 0 Å². The summed E-state index contributed by atoms with van der Waals surface area (Å²) < 4.78 is 5.54. The molecule has 2 unspecified atom stereocenters. The van der Waals surface area contributed by atoms with Crippen LogP contribution in [0.15, 0.2) is 34.9 Å². The molecule has 2 atom stereocenters. The number of nitrogens with zero attached hydrogens (tertiary/aromatic N) is 2. The summed E-state index contributed by atoms with van der Waals surface area (Å²) >= 11 is 0. The fourth-order valence-electron chi connectivity index (χ4n) is 2.87. The Balaban J connectivity index is 1.81. The molecule has 0 radical (unpaired) electrons. The molecule has 1 saturated heterocycles. The Morgan fingerprint density at radius 3 is 2.90 bits per heavy atom. The molecule has 1 aromatic carbocycles. The Labute approximate surface area is 119 Å². The zero-order valence-electron chi connectivity index (χ0n) is 11.9. The number of hydrogen-bond acceptors (Lipinski definition) is 4. The third-order valence-electron chi connectivity index (χ3n) is 4.03. The van der Waals surface area contributed by atoms with E-state index in [1.54, 1.807) is 0 Å². The molecule has 106 valence electrons. The Morgan fingerprint density at radius 1 is 1.35 bits per heavy atom. The van der Waals surface area contributed by atoms with Gasteiger partial charge < -0.3 is 9.84 Å². The van der Waals surface area contributed by atoms with Gasteiger partial charge in [0.1, 0.15) is 0 Å². The van der Waals surface area contributed by atoms with Gasteiger partial charge in [0.2, 0.25) is 5.89 Å². The van der Waals surface area contributed by atoms with Gasteiger partial charge in [-0.2, -0.15) is 4.98 Å². The summed E-state index contributed by atoms with van der Waals surface area (Å²) in [5, 5.41) is 7.60. The van der Waals surface area contributed by atoms with Gasteiger partial charge in [-0.1, -0.05) is 42.4 Å². The average Bonchev–Trinajstić information content (AvgIpc) is 3.00. The van der Waals surface area contributed by atoms with Crippen molar-refractivity contribution < 1.29 is 4.52 Å². The van der Waals surface area contributed by atoms with E-state index in [4.69, 9.17) is 4.52 Å². The third-order valence-corrected chi connectivity index (χ3v) is 4.03. The van der Waals surface area contributed by atoms with Gasteiger partial charge >= 0.3 is 0 Å². The van der Waals surface area contributed by atoms with Crippen LogP contribution in [0.3, 0.4) is 0 Å². The van der Waals surface area contributed by atoms with Crippen LogP contribution in [-0.4, -0.2) is 23.2 Å². The molecular weight excluding hydrogens is 250 g/mol. The predicted octanol–water partition coefficient (Wildman–Crippen LogP) is 3.08. The molecule has 1 fully saturated rings. The summed E-state index contributed by atoms with van der Waals surface area (Å²) in [5.74, 6) is 2.21. The fourth-order valence-corrected chi connectivity index (χ4v) is 2.87. The summed E-state index contributed by atoms with van der Waals surface area (Å²) in [6.45, 7) is 4.22. The summed E-state index contributed by atoms with van der Waals surface area (Å²) in [6, 6.07) is 10.4. The molecule has 0 saturated carbocycles. The van der Waals surface area contributed by atoms with Gasteiger partial charge in [-0.25, -0.2) is 0 Å². The van der Waals surface area contributed by atoms with Crippen LogP contribution in [0.5, 0.6) is 0 Å². The first-order valence-corrected chi connectivity index (χ1v) is 7.47. The fraction of sp³-hybridized carbons (Fsp3) is 0.500. The summed E-state index contributed by atoms with van der Waals surface area (Å²) in [7, 11) is 0. The van der Waals surface area contributed by atoms with Crippen LogP contribution < -0.4 is 5.32 Å². The van der Waals surface area contributed by atoms with Crippen molar-refractivity contribution in [1.29, 1.82) is 0 Å². The number of piperidine rings is 1. The van der Waals surface area contributed by atoms with Gasteiger partial charge in [0.15, 0.2) is 5.82 Å². The quantitative estimate of drug-likeness (QED) is 0.928. The first kappa shape index (κ1) is 13.3. The zero-order valence-corrected chi connectivity index (χ0v) is 11.9. The van der Waals surface area contributed by atoms with Gasteiger partial charge in [0.05, 0.1) is 5.92 Å². The van der Waals surface area contributed by atoms with E-state index in [-0.39, 0.29) is 5.92 Å². The van der Waals surface area contributed by atoms with Gasteiger partial charge in [-0.3, -0.25) is 0 Å². The molecule has 0 aliphatic carbocycles. The predicted molar refractivity (Wildman–Crippen MR) is 77.7 cm³/mol. The zero-order chi connectivity index (χ0) is 13.8. The van der Waals surface area contributed by atoms with Crippen molar-refractivity contribution in [3.8, 4) is 0 Å². The SMILES string of the molecule is CCC(c1ccccc1)c1nc(C2CCCNC2)no1. The van der Waals surface area contributed by atoms with Crippen molar-refractivity contribution in [2.24, 2.45) is 0 Å². The number of nitrogens with one attached hydrogen (secondary N) is 1. The average molecular weight is 271 g/mol. The topological polar surface area (TPSA) is 51.0 Å². The van der Waals surface area contributed by atoms with Crippen LogP contribution in [0.2, 0.25) is 0 Å². The highest BCUT2D eigenvalue weighted by Crippen LogP contribution is 2.28. The van der Waals surface area contributed by atoms with Gasteiger partial charge in [-0.15, -0.1) is 0 Å². The first-order chi connectivity index (χ1) is 9.88. The Morgan fingerprint density at radius 2 is 2.20 bits per heavy atom. The Kier molecular flexibility index (Phi) is 4.11. The molecule has 20 heavy (non-hydrogen) atoms. The Hall–Kier alpha value is -1.68. The monoisotopic (exact) mass is 271 g/mol. The maximum Gasteiger partial charge on any atom is 0.234 e. The van der Waals surface area contributed by atoms with Crippen LogP contribution in [0.1, 0.15) is 55.3 Å². The lowest BCUT2D eigenvalue weighted by atomic mass is 9.96. The van der Waals surface area contributed by atoms with E-state index >= 15 is 0 Å². The third kappa shape index (κ3) is 2.75. The van der Waals surface area contributed by atoms with Crippen LogP contribution in [-0.2, 0) is 0 Å². The molecule has 1 aromatic heterocycles. The molecule has 2 aromatic rings. The molecule has 1 N–H and O–H groups in total. The molecule has 0 bridgehead atoms. The molecule has 4 nitrogen and oxygen atoms in total. The van der Waals surface area contributed by atoms with Gasteiger partial charge in [0, 0.05) is 12.5 Å². The maximum atomic E-state index is 5.54. The normalized spacial score (nSPS) is 20.8. The van der Waals surface area contributed by atoms with Crippen molar-refractivity contribution in [2.75, 3.05) is 13.1 Å². The molecule has 0 spiro atoms. The molecule has 1 aliphatic rings. The highest BCUT2D eigenvalue weighted by atomic mass is 16.5. The van der Waals surface area contributed by atoms with E-state index < -0.39 is 0 Å². The van der Waals surface area contributed by atoms with E-state index in [1.165, 1.54) is 12.0 Å². The van der Waals surface area contributed by atoms with Gasteiger partial charge in [-0.05, 0) is 31.4 Å². The highest BCUT2D eigenvalue weighted by Gasteiger charge is 2.24. The first-order valence-electron chi connectivity index (χ1n) is 7.47. The number of aromatic nitrogens is 2. The summed E-state index contributed by atoms with van der Waals surface area (Å²) in [6.07, 6.45) is 3.30. The Bertz CT molecular complexity index is 532. The highest BCUT2D eigenvalue weighted by molar-refractivity contribution is 5.24. The minimum absolute atomic E-state index is 0.203. The molecule has 4 heteroatoms. The lowest BCUT2D eigenvalue weighted by Gasteiger charge is -2.19. The van der Waals surface area contributed by atoms with E-state index in [2.05, 4.69) is 46.6 Å². The number of benzene rings is 1. The number of rotatable bonds is 4. The van der Waals surface area contributed by atoms with E-state index in [1.807, 2.05) is 6.07 Å². The van der Waals surface area contributed by atoms with Crippen LogP contribution >= 0.6 is 0 Å². The number of hydrogen-bond donors (Lipinski definition) is 1. The molecule has 2 heterocycles. The second-order valence-electron chi connectivity index (χ2n) is 5.41. The largest absolute Gasteiger partial charge is 0.339 e. The van der Waals surface area contributed by atoms with E-state index in [0.29, 0.717) is 5.92 Å². The van der Waals surface area contributed by atoms with E-state index in [0.717, 1.165) is 37.6 Å². The lowest BCUT2D eigenvalue weighted by molar-refractivity contribution is 0.349. The minimum atomic E-state index is 0.203. The van der Waals surface area contributed by atoms with Crippen molar-refractivity contribution in [1.82, 2.24) is 15.5 Å². The van der Waals surface area contributed by atoms with Crippen molar-refractivity contribution >= 4 is 0 Å². The second-order valence-corrected chi connectivity index (χ2v) is 5.41. The minimum Gasteiger partial charge on any atom is -0.339 e. The molecule has 1 aliphatic heterocycles. The maximum absolute atomic E-state index is 5.54. The van der Waals surface area contributed by atoms with Crippen molar-refractivity contribution in [2.45, 2.75) is 38.0 Å². The van der Waals surface area contributed by atoms with Crippen LogP contribution in [0.25, 0.3) is 0 Å². The summed E-state index contributed by atoms with van der Waals surface area (Å²) in [5.41, 5.74) is 1.24. The summed E-state index contributed by atoms with van der Waals surface area (Å²) in [4.78, 5) is 4.66. The van der Waals surface area contributed by atoms with Crippen LogP contribution in [0, 0.1) is 0 Å². The lowest BCUT2D eigenvalue weighted by Crippen LogP contribution is -2.28. The molecule has 0 amide bonds. The molecule has 3 rings (SSSR count). The standard InChI is InChI=1S/C16H21N3O/c1-2-14(12-7-4-3-5-8-12)16-18-15(19-20-16)13-9-6-10-17-11-13/h3-5,7-8,13-14,17H,2,6,9-11H2,1H3.